The standard InChI is InChI=1S/C86H126N14O20/c1-9-82(117)38-50-39-85(79(116)120-8,67-53(23-33-99(40-50)47-82)52-19-14-15-20-56(52)91-67)55-36-54-63(37-64(55)119-7)98(6)76-84(54)31-34-100-32-16-24-83(10-2,75(84)100)77(114)86(76,118)78(115)89-46-81-28-25-80(26-29-81,27-30-81)45-88-68(107)58(35-48(3)4)93-71(110)60(42-102)94-69(108)57(21-22-65(87)106)92-74(113)66(51-17-12-11-13-18-51)97-73(112)62(44-104)96-72(111)61(43-103)95-70(109)59(41-101)90-49(5)105/h14-16,19-20,24,36-37,48,50-51,57-62,66,75-77,91,101-104,114,117-118H,9-13,17-18,21-23,25-35,38-47H2,1-8H3,(H2,87,106)(H,88,107)(H,89,115)(H,90,105)(H,92,113)(H,93,110)(H,94,108)(H,95,109)(H,96,111)(H,97,112)/t50-,57+,58+,59+,60+,61+,62+,66+,75+,76-,77-,80?,81?,82+,83-,84?,85+,86+/m1/s1. The van der Waals surface area contributed by atoms with Crippen molar-refractivity contribution >= 4 is 81.6 Å². The molecule has 5 saturated carbocycles. The fourth-order valence-electron chi connectivity index (χ4n) is 22.5. The molecule has 7 fully saturated rings. The highest BCUT2D eigenvalue weighted by molar-refractivity contribution is 5.99. The topological polar surface area (TPSA) is 508 Å². The summed E-state index contributed by atoms with van der Waals surface area (Å²) in [5.74, 6) is -9.97. The predicted octanol–water partition coefficient (Wildman–Crippen LogP) is -0.905. The SMILES string of the molecule is CC[C@]1(O)C[C@H]2CN(CCc3c([nH]c4ccccc34)[C@@](C(=O)OC)(c3cc4c(cc3OC)N(C)[C@@H]3C45CCN4CC=C[C@](CC)([C@H]45)[C@@H](O)[C@]3(O)C(=O)NCC34CCC(CNC(=O)[C@H](CC(C)C)NC(=O)[C@H](CO)NC(=O)[C@H](CCC(N)=O)NC(=O)[C@@H](NC(=O)[C@H](CO)NC(=O)[C@H](CO)NC(=O)[C@H](CO)NC(C)=O)C5CCCCC5)(CC3)CC4)C2)C1. The summed E-state index contributed by atoms with van der Waals surface area (Å²) in [4.78, 5) is 164. The van der Waals surface area contributed by atoms with Gasteiger partial charge >= 0.3 is 5.97 Å². The van der Waals surface area contributed by atoms with E-state index in [0.29, 0.717) is 152 Å². The third kappa shape index (κ3) is 17.1. The largest absolute Gasteiger partial charge is 0.496 e. The van der Waals surface area contributed by atoms with Crippen LogP contribution in [-0.4, -0.2) is 281 Å². The number of aliphatic hydroxyl groups is 7. The summed E-state index contributed by atoms with van der Waals surface area (Å²) in [7, 11) is 4.87. The predicted molar refractivity (Wildman–Crippen MR) is 439 cm³/mol. The molecule has 13 rings (SSSR count). The van der Waals surface area contributed by atoms with E-state index in [0.717, 1.165) is 35.4 Å². The molecule has 10 aliphatic rings. The minimum absolute atomic E-state index is 0.137. The Kier molecular flexibility index (Phi) is 27.6. The van der Waals surface area contributed by atoms with Crippen molar-refractivity contribution in [3.63, 3.8) is 0 Å². The highest BCUT2D eigenvalue weighted by Crippen LogP contribution is 2.68. The van der Waals surface area contributed by atoms with Crippen LogP contribution in [0.25, 0.3) is 10.9 Å². The van der Waals surface area contributed by atoms with Crippen molar-refractivity contribution < 1.29 is 98.0 Å². The lowest BCUT2D eigenvalue weighted by Crippen LogP contribution is -2.82. The first-order chi connectivity index (χ1) is 57.2. The number of hydrogen-bond acceptors (Lipinski definition) is 23. The van der Waals surface area contributed by atoms with Gasteiger partial charge in [0.1, 0.15) is 59.6 Å². The molecule has 660 valence electrons. The van der Waals surface area contributed by atoms with E-state index >= 15 is 9.59 Å². The molecular weight excluding hydrogens is 1550 g/mol. The number of benzene rings is 2. The molecule has 5 aliphatic carbocycles. The molecule has 1 aromatic heterocycles. The summed E-state index contributed by atoms with van der Waals surface area (Å²) in [6, 6.07) is -0.286. The van der Waals surface area contributed by atoms with Gasteiger partial charge in [0.15, 0.2) is 5.60 Å². The van der Waals surface area contributed by atoms with Gasteiger partial charge in [-0.05, 0) is 161 Å². The fourth-order valence-corrected chi connectivity index (χ4v) is 22.5. The molecule has 4 bridgehead atoms. The number of methoxy groups -OCH3 is 2. The number of aromatic nitrogens is 1. The molecule has 5 aliphatic heterocycles. The average Bonchev–Trinajstić information content (AvgIpc) is 1.47. The Hall–Kier alpha value is -8.87. The zero-order valence-corrected chi connectivity index (χ0v) is 70.4. The summed E-state index contributed by atoms with van der Waals surface area (Å²) >= 11 is 0. The molecule has 19 N–H and O–H groups in total. The van der Waals surface area contributed by atoms with Gasteiger partial charge in [0.25, 0.3) is 5.91 Å². The third-order valence-corrected chi connectivity index (χ3v) is 28.7. The number of anilines is 1. The van der Waals surface area contributed by atoms with Crippen molar-refractivity contribution in [3.05, 3.63) is 70.9 Å². The van der Waals surface area contributed by atoms with Crippen molar-refractivity contribution in [2.45, 2.75) is 246 Å². The molecule has 17 atom stereocenters. The third-order valence-electron chi connectivity index (χ3n) is 28.7. The Bertz CT molecular complexity index is 4360. The van der Waals surface area contributed by atoms with Crippen molar-refractivity contribution in [3.8, 4) is 5.75 Å². The minimum atomic E-state index is -2.43. The first-order valence-electron chi connectivity index (χ1n) is 42.9. The van der Waals surface area contributed by atoms with E-state index in [1.165, 1.54) is 7.11 Å². The molecule has 2 saturated heterocycles. The first-order valence-corrected chi connectivity index (χ1v) is 42.9. The number of esters is 1. The van der Waals surface area contributed by atoms with Crippen LogP contribution in [0.3, 0.4) is 0 Å². The van der Waals surface area contributed by atoms with E-state index in [1.54, 1.807) is 7.11 Å². The van der Waals surface area contributed by atoms with Gasteiger partial charge < -0.3 is 109 Å². The summed E-state index contributed by atoms with van der Waals surface area (Å²) in [6.07, 6.45) is 11.3. The number of fused-ring (bicyclic) bond motifs is 9. The fraction of sp³-hybridized carbons (Fsp3) is 0.686. The maximum atomic E-state index is 16.0. The van der Waals surface area contributed by atoms with Crippen LogP contribution in [0.1, 0.15) is 179 Å². The lowest BCUT2D eigenvalue weighted by molar-refractivity contribution is -0.204. The highest BCUT2D eigenvalue weighted by Gasteiger charge is 2.79. The van der Waals surface area contributed by atoms with Gasteiger partial charge in [-0.2, -0.15) is 0 Å². The number of amides is 10. The number of aliphatic hydroxyl groups excluding tert-OH is 5. The molecule has 120 heavy (non-hydrogen) atoms. The first kappa shape index (κ1) is 90.4. The van der Waals surface area contributed by atoms with Crippen LogP contribution < -0.4 is 63.2 Å². The van der Waals surface area contributed by atoms with Gasteiger partial charge in [0, 0.05) is 110 Å². The van der Waals surface area contributed by atoms with Gasteiger partial charge in [0.2, 0.25) is 53.2 Å². The van der Waals surface area contributed by atoms with Gasteiger partial charge in [0.05, 0.1) is 52.3 Å². The second-order valence-corrected chi connectivity index (χ2v) is 36.3. The second kappa shape index (κ2) is 36.7. The summed E-state index contributed by atoms with van der Waals surface area (Å²) < 4.78 is 12.6. The number of carbonyl (C=O) groups excluding carboxylic acids is 11. The van der Waals surface area contributed by atoms with Crippen LogP contribution in [0.5, 0.6) is 5.75 Å². The molecular formula is C86H126N14O20. The van der Waals surface area contributed by atoms with E-state index in [1.807, 2.05) is 76.1 Å². The number of primary amides is 1. The molecule has 1 spiro atoms. The molecule has 2 unspecified atom stereocenters. The Labute approximate surface area is 699 Å². The Balaban J connectivity index is 0.723. The number of H-pyrrole nitrogens is 1. The number of ether oxygens (including phenoxy) is 2. The van der Waals surface area contributed by atoms with E-state index in [4.69, 9.17) is 15.2 Å². The van der Waals surface area contributed by atoms with Gasteiger partial charge in [-0.3, -0.25) is 62.5 Å². The number of likely N-dealkylation sites (N-methyl/N-ethyl adjacent to an activating group) is 1. The monoisotopic (exact) mass is 1670 g/mol. The number of rotatable bonds is 34. The van der Waals surface area contributed by atoms with Crippen molar-refractivity contribution in [1.82, 2.24) is 62.6 Å². The summed E-state index contributed by atoms with van der Waals surface area (Å²) in [5.41, 5.74) is 2.23. The lowest BCUT2D eigenvalue weighted by atomic mass is 9.47. The second-order valence-electron chi connectivity index (χ2n) is 36.3. The smallest absolute Gasteiger partial charge is 0.322 e. The summed E-state index contributed by atoms with van der Waals surface area (Å²) in [6.45, 7) is 8.27. The average molecular weight is 1680 g/mol. The van der Waals surface area contributed by atoms with E-state index < -0.39 is 204 Å². The molecule has 0 radical (unpaired) electrons. The molecule has 2 aromatic carbocycles. The van der Waals surface area contributed by atoms with Crippen LogP contribution in [0.15, 0.2) is 48.6 Å². The number of nitrogens with two attached hydrogens (primary N) is 1. The zero-order chi connectivity index (χ0) is 86.8. The molecule has 3 aromatic rings. The van der Waals surface area contributed by atoms with E-state index in [-0.39, 0.29) is 43.2 Å². The lowest BCUT2D eigenvalue weighted by Gasteiger charge is -2.63. The Morgan fingerprint density at radius 3 is 1.80 bits per heavy atom. The number of nitrogens with one attached hydrogen (secondary N) is 10. The zero-order valence-electron chi connectivity index (χ0n) is 70.4. The highest BCUT2D eigenvalue weighted by atomic mass is 16.5. The molecule has 34 heteroatoms. The van der Waals surface area contributed by atoms with E-state index in [9.17, 15) is 78.9 Å². The molecule has 10 amide bonds. The van der Waals surface area contributed by atoms with Crippen LogP contribution in [0.2, 0.25) is 0 Å². The summed E-state index contributed by atoms with van der Waals surface area (Å²) in [5, 5.41) is 105. The van der Waals surface area contributed by atoms with Gasteiger partial charge in [-0.25, -0.2) is 0 Å². The van der Waals surface area contributed by atoms with Crippen molar-refractivity contribution in [2.24, 2.45) is 39.7 Å². The van der Waals surface area contributed by atoms with Crippen LogP contribution in [0.4, 0.5) is 5.69 Å². The quantitative estimate of drug-likeness (QED) is 0.0254. The number of hydrogen-bond donors (Lipinski definition) is 18. The number of carbonyl (C=O) groups is 11. The van der Waals surface area contributed by atoms with E-state index in [2.05, 4.69) is 74.8 Å². The normalized spacial score (nSPS) is 30.3. The maximum Gasteiger partial charge on any atom is 0.322 e. The Morgan fingerprint density at radius 2 is 1.23 bits per heavy atom. The maximum absolute atomic E-state index is 16.0. The minimum Gasteiger partial charge on any atom is -0.496 e. The van der Waals surface area contributed by atoms with Gasteiger partial charge in [-0.15, -0.1) is 0 Å². The Morgan fingerprint density at radius 1 is 0.658 bits per heavy atom. The van der Waals surface area contributed by atoms with Crippen LogP contribution >= 0.6 is 0 Å². The number of piperidine rings is 1. The molecule has 34 nitrogen and oxygen atoms in total. The van der Waals surface area contributed by atoms with Crippen molar-refractivity contribution in [1.29, 1.82) is 0 Å². The van der Waals surface area contributed by atoms with Crippen molar-refractivity contribution in [2.75, 3.05) is 98.4 Å². The number of nitrogens with zero attached hydrogens (tertiary/aromatic N) is 3. The number of aromatic amines is 1. The van der Waals surface area contributed by atoms with Gasteiger partial charge in [-0.1, -0.05) is 77.3 Å². The number of para-hydroxylation sites is 1. The molecule has 6 heterocycles. The van der Waals surface area contributed by atoms with Crippen LogP contribution in [0, 0.1) is 34.0 Å². The van der Waals surface area contributed by atoms with Crippen LogP contribution in [-0.2, 0) is 74.7 Å².